The number of benzene rings is 1. The Hall–Kier alpha value is -1.30. The van der Waals surface area contributed by atoms with Crippen molar-refractivity contribution in [3.05, 3.63) is 29.8 Å². The molecule has 16 heavy (non-hydrogen) atoms. The van der Waals surface area contributed by atoms with E-state index in [4.69, 9.17) is 18.0 Å². The molecule has 0 radical (unpaired) electrons. The van der Waals surface area contributed by atoms with Crippen LogP contribution in [0.25, 0.3) is 0 Å². The molecule has 1 aromatic carbocycles. The molecule has 0 unspecified atom stereocenters. The van der Waals surface area contributed by atoms with Crippen molar-refractivity contribution < 1.29 is 13.2 Å². The first-order valence-corrected chi connectivity index (χ1v) is 5.00. The van der Waals surface area contributed by atoms with E-state index >= 15 is 0 Å². The highest BCUT2D eigenvalue weighted by molar-refractivity contribution is 7.80. The minimum Gasteiger partial charge on any atom is -0.389 e. The van der Waals surface area contributed by atoms with E-state index in [0.29, 0.717) is 11.3 Å². The summed E-state index contributed by atoms with van der Waals surface area (Å²) in [5.74, 6) is 0. The van der Waals surface area contributed by atoms with Gasteiger partial charge in [0.05, 0.1) is 6.42 Å². The summed E-state index contributed by atoms with van der Waals surface area (Å²) in [5.41, 5.74) is 6.69. The minimum atomic E-state index is -4.13. The highest BCUT2D eigenvalue weighted by atomic mass is 32.1. The van der Waals surface area contributed by atoms with Gasteiger partial charge in [0.25, 0.3) is 0 Å². The van der Waals surface area contributed by atoms with Crippen molar-refractivity contribution in [2.45, 2.75) is 12.6 Å². The summed E-state index contributed by atoms with van der Waals surface area (Å²) in [7, 11) is 0. The second-order valence-corrected chi connectivity index (χ2v) is 3.67. The molecule has 0 aliphatic heterocycles. The van der Waals surface area contributed by atoms with Gasteiger partial charge < -0.3 is 11.1 Å². The molecule has 1 aromatic rings. The lowest BCUT2D eigenvalue weighted by Crippen LogP contribution is -2.14. The van der Waals surface area contributed by atoms with Gasteiger partial charge in [-0.1, -0.05) is 12.2 Å². The van der Waals surface area contributed by atoms with Crippen molar-refractivity contribution in [1.29, 1.82) is 0 Å². The summed E-state index contributed by atoms with van der Waals surface area (Å²) in [6.45, 7) is -0.143. The molecule has 0 amide bonds. The van der Waals surface area contributed by atoms with Crippen molar-refractivity contribution in [3.8, 4) is 0 Å². The van der Waals surface area contributed by atoms with Gasteiger partial charge in [-0.2, -0.15) is 13.2 Å². The SMILES string of the molecule is NC(=S)c1ccc(NCCC(F)(F)F)cc1. The Morgan fingerprint density at radius 3 is 2.25 bits per heavy atom. The normalized spacial score (nSPS) is 11.2. The zero-order valence-corrected chi connectivity index (χ0v) is 9.16. The largest absolute Gasteiger partial charge is 0.390 e. The summed E-state index contributed by atoms with van der Waals surface area (Å²) < 4.78 is 35.6. The molecule has 0 spiro atoms. The van der Waals surface area contributed by atoms with Crippen LogP contribution in [-0.2, 0) is 0 Å². The van der Waals surface area contributed by atoms with Crippen LogP contribution in [-0.4, -0.2) is 17.7 Å². The van der Waals surface area contributed by atoms with Crippen LogP contribution in [0.5, 0.6) is 0 Å². The van der Waals surface area contributed by atoms with Gasteiger partial charge in [-0.3, -0.25) is 0 Å². The predicted octanol–water partition coefficient (Wildman–Crippen LogP) is 2.69. The molecule has 0 fully saturated rings. The van der Waals surface area contributed by atoms with Crippen LogP contribution in [0.1, 0.15) is 12.0 Å². The monoisotopic (exact) mass is 248 g/mol. The van der Waals surface area contributed by atoms with E-state index in [2.05, 4.69) is 5.32 Å². The van der Waals surface area contributed by atoms with E-state index in [1.807, 2.05) is 0 Å². The van der Waals surface area contributed by atoms with Crippen LogP contribution < -0.4 is 11.1 Å². The van der Waals surface area contributed by atoms with Crippen molar-refractivity contribution in [2.24, 2.45) is 5.73 Å². The summed E-state index contributed by atoms with van der Waals surface area (Å²) in [6.07, 6.45) is -4.99. The maximum Gasteiger partial charge on any atom is 0.390 e. The topological polar surface area (TPSA) is 38.0 Å². The number of nitrogens with one attached hydrogen (secondary N) is 1. The number of halogens is 3. The third-order valence-electron chi connectivity index (χ3n) is 1.91. The molecule has 0 saturated carbocycles. The van der Waals surface area contributed by atoms with Gasteiger partial charge in [0.2, 0.25) is 0 Å². The van der Waals surface area contributed by atoms with Crippen LogP contribution in [0, 0.1) is 0 Å². The third-order valence-corrected chi connectivity index (χ3v) is 2.14. The molecular formula is C10H11F3N2S. The Morgan fingerprint density at radius 2 is 1.81 bits per heavy atom. The van der Waals surface area contributed by atoms with Gasteiger partial charge >= 0.3 is 6.18 Å². The zero-order valence-electron chi connectivity index (χ0n) is 8.34. The van der Waals surface area contributed by atoms with E-state index in [1.165, 1.54) is 0 Å². The van der Waals surface area contributed by atoms with Crippen molar-refractivity contribution in [1.82, 2.24) is 0 Å². The minimum absolute atomic E-state index is 0.143. The van der Waals surface area contributed by atoms with E-state index in [9.17, 15) is 13.2 Å². The molecule has 1 rings (SSSR count). The van der Waals surface area contributed by atoms with Gasteiger partial charge in [-0.15, -0.1) is 0 Å². The van der Waals surface area contributed by atoms with Gasteiger partial charge in [0.15, 0.2) is 0 Å². The molecule has 0 aromatic heterocycles. The van der Waals surface area contributed by atoms with Crippen molar-refractivity contribution in [3.63, 3.8) is 0 Å². The Bertz CT molecular complexity index is 359. The van der Waals surface area contributed by atoms with E-state index < -0.39 is 12.6 Å². The maximum atomic E-state index is 11.9. The lowest BCUT2D eigenvalue weighted by atomic mass is 10.2. The molecule has 88 valence electrons. The van der Waals surface area contributed by atoms with E-state index in [-0.39, 0.29) is 11.5 Å². The van der Waals surface area contributed by atoms with Gasteiger partial charge in [0.1, 0.15) is 4.99 Å². The van der Waals surface area contributed by atoms with Crippen LogP contribution in [0.4, 0.5) is 18.9 Å². The zero-order chi connectivity index (χ0) is 12.2. The lowest BCUT2D eigenvalue weighted by Gasteiger charge is -2.09. The standard InChI is InChI=1S/C10H11F3N2S/c11-10(12,13)5-6-15-8-3-1-7(2-4-8)9(14)16/h1-4,15H,5-6H2,(H2,14,16). The maximum absolute atomic E-state index is 11.9. The molecule has 0 saturated heterocycles. The average molecular weight is 248 g/mol. The second-order valence-electron chi connectivity index (χ2n) is 3.23. The first-order chi connectivity index (χ1) is 7.38. The number of anilines is 1. The summed E-state index contributed by atoms with van der Waals surface area (Å²) >= 11 is 4.75. The molecular weight excluding hydrogens is 237 g/mol. The Morgan fingerprint density at radius 1 is 1.25 bits per heavy atom. The van der Waals surface area contributed by atoms with Crippen molar-refractivity contribution in [2.75, 3.05) is 11.9 Å². The molecule has 0 heterocycles. The van der Waals surface area contributed by atoms with Gasteiger partial charge in [-0.05, 0) is 24.3 Å². The quantitative estimate of drug-likeness (QED) is 0.804. The fourth-order valence-corrected chi connectivity index (χ4v) is 1.24. The van der Waals surface area contributed by atoms with Crippen LogP contribution in [0.2, 0.25) is 0 Å². The second kappa shape index (κ2) is 5.16. The molecule has 6 heteroatoms. The number of hydrogen-bond acceptors (Lipinski definition) is 2. The van der Waals surface area contributed by atoms with Gasteiger partial charge in [0, 0.05) is 17.8 Å². The first kappa shape index (κ1) is 12.8. The van der Waals surface area contributed by atoms with Crippen LogP contribution >= 0.6 is 12.2 Å². The van der Waals surface area contributed by atoms with Crippen LogP contribution in [0.15, 0.2) is 24.3 Å². The molecule has 0 aliphatic rings. The molecule has 0 atom stereocenters. The van der Waals surface area contributed by atoms with E-state index in [1.54, 1.807) is 24.3 Å². The first-order valence-electron chi connectivity index (χ1n) is 4.59. The van der Waals surface area contributed by atoms with Crippen LogP contribution in [0.3, 0.4) is 0 Å². The number of hydrogen-bond donors (Lipinski definition) is 2. The highest BCUT2D eigenvalue weighted by Gasteiger charge is 2.25. The Kier molecular flexibility index (Phi) is 4.12. The molecule has 0 bridgehead atoms. The Labute approximate surface area is 96.6 Å². The number of alkyl halides is 3. The molecule has 2 nitrogen and oxygen atoms in total. The summed E-state index contributed by atoms with van der Waals surface area (Å²) in [6, 6.07) is 6.62. The molecule has 0 aliphatic carbocycles. The smallest absolute Gasteiger partial charge is 0.389 e. The number of rotatable bonds is 4. The van der Waals surface area contributed by atoms with Gasteiger partial charge in [-0.25, -0.2) is 0 Å². The average Bonchev–Trinajstić information content (AvgIpc) is 2.16. The lowest BCUT2D eigenvalue weighted by molar-refractivity contribution is -0.131. The third kappa shape index (κ3) is 4.48. The molecule has 3 N–H and O–H groups in total. The fourth-order valence-electron chi connectivity index (χ4n) is 1.10. The highest BCUT2D eigenvalue weighted by Crippen LogP contribution is 2.19. The number of nitrogens with two attached hydrogens (primary N) is 1. The Balaban J connectivity index is 2.47. The summed E-state index contributed by atoms with van der Waals surface area (Å²) in [5, 5.41) is 2.66. The van der Waals surface area contributed by atoms with E-state index in [0.717, 1.165) is 0 Å². The van der Waals surface area contributed by atoms with Crippen molar-refractivity contribution >= 4 is 22.9 Å². The number of thiocarbonyl (C=S) groups is 1. The predicted molar refractivity (Wildman–Crippen MR) is 61.5 cm³/mol. The summed E-state index contributed by atoms with van der Waals surface area (Å²) in [4.78, 5) is 0.266. The fraction of sp³-hybridized carbons (Fsp3) is 0.300.